The molecule has 0 N–H and O–H groups in total. The molecule has 0 fully saturated rings. The average molecular weight is 1380 g/mol. The van der Waals surface area contributed by atoms with Crippen LogP contribution in [0.4, 0.5) is 28.2 Å². The van der Waals surface area contributed by atoms with Gasteiger partial charge in [-0.15, -0.1) is 0 Å². The Bertz CT molecular complexity index is 1110. The summed E-state index contributed by atoms with van der Waals surface area (Å²) in [5.74, 6) is 0. The molecule has 3 aromatic carbocycles. The van der Waals surface area contributed by atoms with Crippen molar-refractivity contribution in [1.82, 2.24) is 0 Å². The SMILES string of the molecule is F.F.F.F.F.F.[O]=[Sb]([O-])[O-].[O]=[Sb]([O-])[O-].[O]=[Sb]([O-])[O-].[O]=[Sb]([O-])[O-].[O]=[Sb]([O-])[O-].[O]=[Sb]([O-])[O]C(c1ccccc1)(c1ccccc1)c1ccccc1. The summed E-state index contributed by atoms with van der Waals surface area (Å²) in [6, 6.07) is 28.4. The van der Waals surface area contributed by atoms with Crippen molar-refractivity contribution in [2.75, 3.05) is 0 Å². The van der Waals surface area contributed by atoms with E-state index in [4.69, 9.17) is 52.0 Å². The second-order valence-corrected chi connectivity index (χ2v) is 14.4. The standard InChI is InChI=1S/C19H15O.6FH.17O.6Sb/c20-19(16-10-4-1-5-11-16,17-12-6-2-7-13-17)18-14-8-3-9-15-18;;;;;;;;;;;;;;;;;;;;;;;;;;;;;/h1-15H;6*1H;;;;;;;;;;;;;;;;;;;;;;;/q-1;;;;;;;;;;;;;11*-1;;;;;;+1. The van der Waals surface area contributed by atoms with Gasteiger partial charge in [0, 0.05) is 0 Å². The number of benzene rings is 3. The molecule has 18 nitrogen and oxygen atoms in total. The zero-order chi connectivity index (χ0) is 34.0. The summed E-state index contributed by atoms with van der Waals surface area (Å²) in [5, 5.41) is 0. The van der Waals surface area contributed by atoms with Gasteiger partial charge in [0.25, 0.3) is 0 Å². The first-order valence-electron chi connectivity index (χ1n) is 9.97. The molecule has 0 saturated carbocycles. The Labute approximate surface area is 322 Å². The van der Waals surface area contributed by atoms with Crippen molar-refractivity contribution >= 4 is 126 Å². The topological polar surface area (TPSA) is 365 Å². The minimum absolute atomic E-state index is 0. The van der Waals surface area contributed by atoms with E-state index in [2.05, 4.69) is 0 Å². The normalized spacial score (nSPS) is 7.90. The molecule has 49 heavy (non-hydrogen) atoms. The van der Waals surface area contributed by atoms with Crippen molar-refractivity contribution in [3.8, 4) is 0 Å². The zero-order valence-electron chi connectivity index (χ0n) is 23.1. The number of halogens is 6. The summed E-state index contributed by atoms with van der Waals surface area (Å²) in [7, 11) is 0. The van der Waals surface area contributed by atoms with Crippen LogP contribution >= 0.6 is 0 Å². The maximum absolute atomic E-state index is 11.7. The third-order valence-electron chi connectivity index (χ3n) is 3.75. The van der Waals surface area contributed by atoms with Gasteiger partial charge < -0.3 is 0 Å². The molecular weight excluding hydrogens is 1360 g/mol. The summed E-state index contributed by atoms with van der Waals surface area (Å²) < 4.78 is 158. The predicted molar refractivity (Wildman–Crippen MR) is 134 cm³/mol. The van der Waals surface area contributed by atoms with Gasteiger partial charge in [0.1, 0.15) is 0 Å². The van der Waals surface area contributed by atoms with Crippen LogP contribution in [0.2, 0.25) is 0 Å². The van der Waals surface area contributed by atoms with Crippen LogP contribution in [-0.2, 0) is 26.7 Å². The summed E-state index contributed by atoms with van der Waals surface area (Å²) in [6.45, 7) is 0. The van der Waals surface area contributed by atoms with Gasteiger partial charge in [-0.1, -0.05) is 0 Å². The van der Waals surface area contributed by atoms with E-state index in [1.54, 1.807) is 0 Å². The first kappa shape index (κ1) is 71.0. The van der Waals surface area contributed by atoms with Crippen LogP contribution in [-0.4, -0.2) is 126 Å². The third kappa shape index (κ3) is 46.4. The van der Waals surface area contributed by atoms with E-state index in [1.165, 1.54) is 0 Å². The van der Waals surface area contributed by atoms with E-state index in [1.807, 2.05) is 91.0 Å². The molecule has 0 aromatic heterocycles. The predicted octanol–water partition coefficient (Wildman–Crippen LogP) is -10.7. The van der Waals surface area contributed by atoms with E-state index in [0.29, 0.717) is 0 Å². The van der Waals surface area contributed by atoms with E-state index in [0.717, 1.165) is 16.7 Å². The molecule has 6 radical (unpaired) electrons. The molecule has 0 atom stereocenters. The first-order valence-corrected chi connectivity index (χ1v) is 28.7. The van der Waals surface area contributed by atoms with E-state index < -0.39 is 132 Å². The van der Waals surface area contributed by atoms with Crippen molar-refractivity contribution in [2.24, 2.45) is 0 Å². The van der Waals surface area contributed by atoms with E-state index in [9.17, 15) is 6.40 Å². The Kier molecular flexibility index (Phi) is 64.6. The van der Waals surface area contributed by atoms with Gasteiger partial charge in [0.2, 0.25) is 0 Å². The minimum atomic E-state index is -4.25. The van der Waals surface area contributed by atoms with E-state index in [-0.39, 0.29) is 28.2 Å². The van der Waals surface area contributed by atoms with Crippen LogP contribution < -0.4 is 37.2 Å². The maximum atomic E-state index is 11.7. The van der Waals surface area contributed by atoms with Gasteiger partial charge in [-0.3, -0.25) is 28.2 Å². The number of rotatable bonds is 5. The second-order valence-electron chi connectivity index (χ2n) is 6.21. The molecule has 0 heterocycles. The van der Waals surface area contributed by atoms with Crippen molar-refractivity contribution in [3.63, 3.8) is 0 Å². The summed E-state index contributed by atoms with van der Waals surface area (Å²) in [5.41, 5.74) is 1.23. The fourth-order valence-corrected chi connectivity index (χ4v) is 4.33. The van der Waals surface area contributed by atoms with Gasteiger partial charge >= 0.3 is 298 Å². The third-order valence-corrected chi connectivity index (χ3v) is 4.96. The molecule has 0 amide bonds. The number of hydrogen-bond donors (Lipinski definition) is 0. The molecule has 288 valence electrons. The Morgan fingerprint density at radius 1 is 0.347 bits per heavy atom. The van der Waals surface area contributed by atoms with Crippen LogP contribution in [0.5, 0.6) is 0 Å². The molecule has 0 aliphatic heterocycles. The molecule has 0 bridgehead atoms. The molecule has 3 rings (SSSR count). The second kappa shape index (κ2) is 44.6. The van der Waals surface area contributed by atoms with Crippen LogP contribution in [0, 0.1) is 0 Å². The van der Waals surface area contributed by atoms with Gasteiger partial charge in [-0.05, 0) is 0 Å². The van der Waals surface area contributed by atoms with Gasteiger partial charge in [0.15, 0.2) is 0 Å². The summed E-state index contributed by atoms with van der Waals surface area (Å²) in [6.07, 6.45) is 0. The van der Waals surface area contributed by atoms with Crippen LogP contribution in [0.1, 0.15) is 16.7 Å². The molecular formula is C19H21F6O18Sb6-11. The molecule has 3 aromatic rings. The summed E-state index contributed by atoms with van der Waals surface area (Å²) >= 11 is -25.3. The van der Waals surface area contributed by atoms with Crippen molar-refractivity contribution in [1.29, 1.82) is 0 Å². The summed E-state index contributed by atoms with van der Waals surface area (Å²) in [4.78, 5) is 0. The van der Waals surface area contributed by atoms with Gasteiger partial charge in [0.05, 0.1) is 0 Å². The quantitative estimate of drug-likeness (QED) is 0.130. The average Bonchev–Trinajstić information content (AvgIpc) is 2.87. The molecule has 0 unspecified atom stereocenters. The molecule has 0 aliphatic carbocycles. The molecule has 0 aliphatic rings. The zero-order valence-corrected chi connectivity index (χ0v) is 38.5. The van der Waals surface area contributed by atoms with E-state index >= 15 is 0 Å². The Morgan fingerprint density at radius 3 is 0.612 bits per heavy atom. The molecule has 30 heteroatoms. The Hall–Kier alpha value is 0.469. The van der Waals surface area contributed by atoms with Crippen LogP contribution in [0.15, 0.2) is 91.0 Å². The molecule has 0 spiro atoms. The van der Waals surface area contributed by atoms with Crippen LogP contribution in [0.25, 0.3) is 0 Å². The van der Waals surface area contributed by atoms with Crippen LogP contribution in [0.3, 0.4) is 0 Å². The Balaban J connectivity index is -0.0000000740. The Morgan fingerprint density at radius 2 is 0.490 bits per heavy atom. The van der Waals surface area contributed by atoms with Gasteiger partial charge in [-0.2, -0.15) is 0 Å². The van der Waals surface area contributed by atoms with Crippen molar-refractivity contribution < 1.29 is 86.6 Å². The first-order chi connectivity index (χ1) is 19.9. The molecule has 0 saturated heterocycles. The fourth-order valence-electron chi connectivity index (χ4n) is 2.79. The monoisotopic (exact) mass is 1380 g/mol. The van der Waals surface area contributed by atoms with Gasteiger partial charge in [-0.25, -0.2) is 0 Å². The number of hydrogen-bond acceptors (Lipinski definition) is 18. The van der Waals surface area contributed by atoms with Crippen molar-refractivity contribution in [2.45, 2.75) is 5.60 Å². The fraction of sp³-hybridized carbons (Fsp3) is 0.0526. The van der Waals surface area contributed by atoms with Crippen molar-refractivity contribution in [3.05, 3.63) is 108 Å².